The SMILES string of the molecule is CC(C)c1ccc(C(=O)N2CCNC(=O)C2CC(=O)OCCc2ccccc2)cc1. The van der Waals surface area contributed by atoms with E-state index in [9.17, 15) is 14.4 Å². The fourth-order valence-corrected chi connectivity index (χ4v) is 3.48. The summed E-state index contributed by atoms with van der Waals surface area (Å²) in [5.41, 5.74) is 2.72. The van der Waals surface area contributed by atoms with Crippen molar-refractivity contribution in [1.29, 1.82) is 0 Å². The molecule has 3 rings (SSSR count). The highest BCUT2D eigenvalue weighted by Crippen LogP contribution is 2.18. The molecule has 1 heterocycles. The van der Waals surface area contributed by atoms with Crippen LogP contribution in [0.15, 0.2) is 54.6 Å². The molecule has 0 radical (unpaired) electrons. The summed E-state index contributed by atoms with van der Waals surface area (Å²) < 4.78 is 5.32. The fraction of sp³-hybridized carbons (Fsp3) is 0.375. The number of piperazine rings is 1. The van der Waals surface area contributed by atoms with Crippen LogP contribution in [0.3, 0.4) is 0 Å². The van der Waals surface area contributed by atoms with Crippen LogP contribution in [0.5, 0.6) is 0 Å². The van der Waals surface area contributed by atoms with E-state index in [-0.39, 0.29) is 24.8 Å². The number of amides is 2. The molecule has 1 aliphatic heterocycles. The van der Waals surface area contributed by atoms with Crippen molar-refractivity contribution in [3.05, 3.63) is 71.3 Å². The van der Waals surface area contributed by atoms with Crippen molar-refractivity contribution < 1.29 is 19.1 Å². The molecule has 0 aromatic heterocycles. The monoisotopic (exact) mass is 408 g/mol. The smallest absolute Gasteiger partial charge is 0.308 e. The fourth-order valence-electron chi connectivity index (χ4n) is 3.48. The summed E-state index contributed by atoms with van der Waals surface area (Å²) in [7, 11) is 0. The van der Waals surface area contributed by atoms with Gasteiger partial charge in [0.05, 0.1) is 13.0 Å². The van der Waals surface area contributed by atoms with Crippen LogP contribution < -0.4 is 5.32 Å². The molecule has 6 heteroatoms. The van der Waals surface area contributed by atoms with Gasteiger partial charge >= 0.3 is 5.97 Å². The maximum absolute atomic E-state index is 13.0. The molecule has 1 aliphatic rings. The minimum Gasteiger partial charge on any atom is -0.465 e. The topological polar surface area (TPSA) is 75.7 Å². The molecular formula is C24H28N2O4. The number of hydrogen-bond donors (Lipinski definition) is 1. The number of rotatable bonds is 7. The van der Waals surface area contributed by atoms with Crippen molar-refractivity contribution in [1.82, 2.24) is 10.2 Å². The third-order valence-electron chi connectivity index (χ3n) is 5.27. The van der Waals surface area contributed by atoms with Crippen molar-refractivity contribution in [3.63, 3.8) is 0 Å². The van der Waals surface area contributed by atoms with Crippen molar-refractivity contribution >= 4 is 17.8 Å². The Labute approximate surface area is 177 Å². The first-order valence-electron chi connectivity index (χ1n) is 10.3. The Bertz CT molecular complexity index is 878. The Morgan fingerprint density at radius 3 is 2.47 bits per heavy atom. The van der Waals surface area contributed by atoms with Crippen molar-refractivity contribution in [2.45, 2.75) is 38.6 Å². The van der Waals surface area contributed by atoms with Gasteiger partial charge in [0.1, 0.15) is 6.04 Å². The Hall–Kier alpha value is -3.15. The zero-order chi connectivity index (χ0) is 21.5. The average Bonchev–Trinajstić information content (AvgIpc) is 2.75. The van der Waals surface area contributed by atoms with E-state index >= 15 is 0 Å². The zero-order valence-corrected chi connectivity index (χ0v) is 17.5. The molecule has 0 aliphatic carbocycles. The highest BCUT2D eigenvalue weighted by atomic mass is 16.5. The minimum atomic E-state index is -0.861. The van der Waals surface area contributed by atoms with Crippen LogP contribution in [-0.4, -0.2) is 48.4 Å². The molecule has 1 saturated heterocycles. The number of nitrogens with one attached hydrogen (secondary N) is 1. The number of benzene rings is 2. The number of esters is 1. The molecule has 30 heavy (non-hydrogen) atoms. The summed E-state index contributed by atoms with van der Waals surface area (Å²) in [5.74, 6) is -0.690. The summed E-state index contributed by atoms with van der Waals surface area (Å²) in [6.07, 6.45) is 0.449. The van der Waals surface area contributed by atoms with Gasteiger partial charge in [-0.25, -0.2) is 0 Å². The van der Waals surface area contributed by atoms with E-state index in [4.69, 9.17) is 4.74 Å². The second-order valence-electron chi connectivity index (χ2n) is 7.74. The minimum absolute atomic E-state index is 0.156. The molecule has 2 aromatic carbocycles. The highest BCUT2D eigenvalue weighted by molar-refractivity contribution is 5.99. The summed E-state index contributed by atoms with van der Waals surface area (Å²) >= 11 is 0. The van der Waals surface area contributed by atoms with Crippen LogP contribution in [0.2, 0.25) is 0 Å². The Morgan fingerprint density at radius 2 is 1.80 bits per heavy atom. The van der Waals surface area contributed by atoms with E-state index in [1.807, 2.05) is 42.5 Å². The summed E-state index contributed by atoms with van der Waals surface area (Å²) in [6.45, 7) is 5.14. The summed E-state index contributed by atoms with van der Waals surface area (Å²) in [5, 5.41) is 2.74. The van der Waals surface area contributed by atoms with Crippen LogP contribution in [0, 0.1) is 0 Å². The third kappa shape index (κ3) is 5.47. The van der Waals surface area contributed by atoms with Gasteiger partial charge in [0, 0.05) is 25.1 Å². The average molecular weight is 408 g/mol. The van der Waals surface area contributed by atoms with Crippen LogP contribution in [-0.2, 0) is 20.7 Å². The molecule has 1 atom stereocenters. The normalized spacial score (nSPS) is 16.3. The number of carbonyl (C=O) groups is 3. The third-order valence-corrected chi connectivity index (χ3v) is 5.27. The standard InChI is InChI=1S/C24H28N2O4/c1-17(2)19-8-10-20(11-9-19)24(29)26-14-13-25-23(28)21(26)16-22(27)30-15-12-18-6-4-3-5-7-18/h3-11,17,21H,12-16H2,1-2H3,(H,25,28). The Morgan fingerprint density at radius 1 is 1.10 bits per heavy atom. The molecule has 1 unspecified atom stereocenters. The van der Waals surface area contributed by atoms with Crippen molar-refractivity contribution in [2.24, 2.45) is 0 Å². The highest BCUT2D eigenvalue weighted by Gasteiger charge is 2.35. The first kappa shape index (κ1) is 21.6. The van der Waals surface area contributed by atoms with E-state index in [1.165, 1.54) is 4.90 Å². The molecule has 2 amide bonds. The van der Waals surface area contributed by atoms with Gasteiger partial charge in [0.2, 0.25) is 5.91 Å². The summed E-state index contributed by atoms with van der Waals surface area (Å²) in [4.78, 5) is 39.2. The van der Waals surface area contributed by atoms with E-state index in [0.717, 1.165) is 11.1 Å². The van der Waals surface area contributed by atoms with Crippen LogP contribution in [0.4, 0.5) is 0 Å². The van der Waals surface area contributed by atoms with Gasteiger partial charge in [0.25, 0.3) is 5.91 Å². The lowest BCUT2D eigenvalue weighted by Crippen LogP contribution is -2.57. The molecule has 0 spiro atoms. The maximum Gasteiger partial charge on any atom is 0.308 e. The molecule has 158 valence electrons. The van der Waals surface area contributed by atoms with E-state index in [0.29, 0.717) is 31.0 Å². The van der Waals surface area contributed by atoms with Crippen LogP contribution >= 0.6 is 0 Å². The van der Waals surface area contributed by atoms with Gasteiger partial charge in [-0.2, -0.15) is 0 Å². The lowest BCUT2D eigenvalue weighted by molar-refractivity contribution is -0.147. The second-order valence-corrected chi connectivity index (χ2v) is 7.74. The Kier molecular flexibility index (Phi) is 7.22. The van der Waals surface area contributed by atoms with E-state index in [1.54, 1.807) is 12.1 Å². The number of carbonyl (C=O) groups excluding carboxylic acids is 3. The molecular weight excluding hydrogens is 380 g/mol. The first-order valence-corrected chi connectivity index (χ1v) is 10.3. The first-order chi connectivity index (χ1) is 14.5. The lowest BCUT2D eigenvalue weighted by Gasteiger charge is -2.34. The van der Waals surface area contributed by atoms with Gasteiger partial charge in [-0.3, -0.25) is 14.4 Å². The van der Waals surface area contributed by atoms with E-state index in [2.05, 4.69) is 19.2 Å². The Balaban J connectivity index is 1.61. The predicted molar refractivity (Wildman–Crippen MR) is 114 cm³/mol. The number of nitrogens with zero attached hydrogens (tertiary/aromatic N) is 1. The molecule has 2 aromatic rings. The summed E-state index contributed by atoms with van der Waals surface area (Å²) in [6, 6.07) is 16.3. The molecule has 6 nitrogen and oxygen atoms in total. The van der Waals surface area contributed by atoms with Crippen molar-refractivity contribution in [3.8, 4) is 0 Å². The van der Waals surface area contributed by atoms with Gasteiger partial charge in [0.15, 0.2) is 0 Å². The van der Waals surface area contributed by atoms with Crippen LogP contribution in [0.1, 0.15) is 47.7 Å². The van der Waals surface area contributed by atoms with Gasteiger partial charge in [-0.1, -0.05) is 56.3 Å². The second kappa shape index (κ2) is 10.1. The van der Waals surface area contributed by atoms with Gasteiger partial charge in [-0.15, -0.1) is 0 Å². The quantitative estimate of drug-likeness (QED) is 0.715. The maximum atomic E-state index is 13.0. The van der Waals surface area contributed by atoms with Crippen molar-refractivity contribution in [2.75, 3.05) is 19.7 Å². The molecule has 0 bridgehead atoms. The lowest BCUT2D eigenvalue weighted by atomic mass is 10.0. The molecule has 0 saturated carbocycles. The van der Waals surface area contributed by atoms with Gasteiger partial charge < -0.3 is 15.0 Å². The number of ether oxygens (including phenoxy) is 1. The van der Waals surface area contributed by atoms with E-state index < -0.39 is 12.0 Å². The van der Waals surface area contributed by atoms with Crippen LogP contribution in [0.25, 0.3) is 0 Å². The zero-order valence-electron chi connectivity index (χ0n) is 17.5. The molecule has 1 N–H and O–H groups in total. The largest absolute Gasteiger partial charge is 0.465 e. The number of hydrogen-bond acceptors (Lipinski definition) is 4. The molecule has 1 fully saturated rings. The van der Waals surface area contributed by atoms with Gasteiger partial charge in [-0.05, 0) is 29.2 Å². The predicted octanol–water partition coefficient (Wildman–Crippen LogP) is 2.93.